The molecule has 23 heavy (non-hydrogen) atoms. The first-order valence-electron chi connectivity index (χ1n) is 6.43. The number of thiophene rings is 1. The van der Waals surface area contributed by atoms with E-state index in [1.807, 2.05) is 0 Å². The summed E-state index contributed by atoms with van der Waals surface area (Å²) in [6.07, 6.45) is 0. The summed E-state index contributed by atoms with van der Waals surface area (Å²) in [7, 11) is 0. The lowest BCUT2D eigenvalue weighted by molar-refractivity contribution is -0.141. The van der Waals surface area contributed by atoms with Crippen LogP contribution in [0.5, 0.6) is 0 Å². The monoisotopic (exact) mass is 371 g/mol. The van der Waals surface area contributed by atoms with Crippen LogP contribution < -0.4 is 5.32 Å². The van der Waals surface area contributed by atoms with Gasteiger partial charge < -0.3 is 10.1 Å². The molecule has 1 aromatic carbocycles. The smallest absolute Gasteiger partial charge is 0.325 e. The molecule has 2 rings (SSSR count). The molecule has 2 aromatic rings. The molecule has 0 atom stereocenters. The van der Waals surface area contributed by atoms with Crippen LogP contribution in [0, 0.1) is 0 Å². The van der Waals surface area contributed by atoms with E-state index >= 15 is 0 Å². The molecule has 5 nitrogen and oxygen atoms in total. The molecular formula is C15H11Cl2NO4S. The van der Waals surface area contributed by atoms with Gasteiger partial charge in [-0.2, -0.15) is 0 Å². The van der Waals surface area contributed by atoms with Crippen LogP contribution >= 0.6 is 34.5 Å². The van der Waals surface area contributed by atoms with Crippen LogP contribution in [-0.2, 0) is 9.53 Å². The Bertz CT molecular complexity index is 745. The molecular weight excluding hydrogens is 361 g/mol. The first kappa shape index (κ1) is 17.5. The number of esters is 1. The van der Waals surface area contributed by atoms with Crippen molar-refractivity contribution in [3.8, 4) is 0 Å². The van der Waals surface area contributed by atoms with E-state index in [1.54, 1.807) is 30.3 Å². The van der Waals surface area contributed by atoms with E-state index in [1.165, 1.54) is 6.07 Å². The van der Waals surface area contributed by atoms with Crippen molar-refractivity contribution < 1.29 is 19.1 Å². The molecule has 0 bridgehead atoms. The molecule has 1 aromatic heterocycles. The predicted molar refractivity (Wildman–Crippen MR) is 88.4 cm³/mol. The molecule has 0 aliphatic heterocycles. The number of ketones is 1. The molecule has 0 saturated heterocycles. The number of ether oxygens (including phenoxy) is 1. The fourth-order valence-corrected chi connectivity index (χ4v) is 2.77. The highest BCUT2D eigenvalue weighted by atomic mass is 35.5. The molecule has 120 valence electrons. The number of nitrogens with one attached hydrogen (secondary N) is 1. The van der Waals surface area contributed by atoms with Crippen molar-refractivity contribution in [3.63, 3.8) is 0 Å². The summed E-state index contributed by atoms with van der Waals surface area (Å²) in [4.78, 5) is 35.5. The van der Waals surface area contributed by atoms with Crippen molar-refractivity contribution in [2.45, 2.75) is 0 Å². The van der Waals surface area contributed by atoms with E-state index in [-0.39, 0.29) is 12.3 Å². The SMILES string of the molecule is O=C(CNC(=O)c1cccc(Cl)c1)OCC(=O)c1ccc(Cl)s1. The van der Waals surface area contributed by atoms with Crippen LogP contribution in [0.3, 0.4) is 0 Å². The fraction of sp³-hybridized carbons (Fsp3) is 0.133. The number of benzene rings is 1. The highest BCUT2D eigenvalue weighted by Crippen LogP contribution is 2.21. The summed E-state index contributed by atoms with van der Waals surface area (Å²) in [5.41, 5.74) is 0.328. The Morgan fingerprint density at radius 3 is 2.57 bits per heavy atom. The lowest BCUT2D eigenvalue weighted by Crippen LogP contribution is -2.31. The summed E-state index contributed by atoms with van der Waals surface area (Å²) in [6.45, 7) is -0.744. The van der Waals surface area contributed by atoms with Gasteiger partial charge in [-0.3, -0.25) is 14.4 Å². The number of halogens is 2. The van der Waals surface area contributed by atoms with E-state index in [4.69, 9.17) is 27.9 Å². The van der Waals surface area contributed by atoms with Gasteiger partial charge in [0.05, 0.1) is 9.21 Å². The van der Waals surface area contributed by atoms with E-state index in [0.717, 1.165) is 11.3 Å². The number of hydrogen-bond donors (Lipinski definition) is 1. The molecule has 0 aliphatic rings. The normalized spacial score (nSPS) is 10.2. The number of amides is 1. The quantitative estimate of drug-likeness (QED) is 0.624. The molecule has 1 heterocycles. The number of carbonyl (C=O) groups is 3. The molecule has 0 fully saturated rings. The Morgan fingerprint density at radius 1 is 1.13 bits per heavy atom. The molecule has 1 N–H and O–H groups in total. The molecule has 0 unspecified atom stereocenters. The van der Waals surface area contributed by atoms with Gasteiger partial charge in [-0.05, 0) is 30.3 Å². The first-order chi connectivity index (χ1) is 11.0. The van der Waals surface area contributed by atoms with Crippen LogP contribution in [0.2, 0.25) is 9.36 Å². The Kier molecular flexibility index (Phi) is 6.15. The standard InChI is InChI=1S/C15H11Cl2NO4S/c16-10-3-1-2-9(6-10)15(21)18-7-14(20)22-8-11(19)12-4-5-13(17)23-12/h1-6H,7-8H2,(H,18,21). The molecule has 1 amide bonds. The van der Waals surface area contributed by atoms with Gasteiger partial charge in [0.15, 0.2) is 6.61 Å². The topological polar surface area (TPSA) is 72.5 Å². The van der Waals surface area contributed by atoms with Gasteiger partial charge in [-0.1, -0.05) is 29.3 Å². The second-order valence-electron chi connectivity index (χ2n) is 4.38. The second kappa shape index (κ2) is 8.10. The maximum atomic E-state index is 11.8. The maximum absolute atomic E-state index is 11.8. The van der Waals surface area contributed by atoms with E-state index in [0.29, 0.717) is 19.8 Å². The molecule has 0 radical (unpaired) electrons. The lowest BCUT2D eigenvalue weighted by atomic mass is 10.2. The van der Waals surface area contributed by atoms with Gasteiger partial charge in [0.1, 0.15) is 6.54 Å². The van der Waals surface area contributed by atoms with Gasteiger partial charge in [-0.25, -0.2) is 0 Å². The average molecular weight is 372 g/mol. The van der Waals surface area contributed by atoms with Crippen molar-refractivity contribution in [3.05, 3.63) is 56.2 Å². The Morgan fingerprint density at radius 2 is 1.91 bits per heavy atom. The van der Waals surface area contributed by atoms with E-state index < -0.39 is 18.5 Å². The zero-order valence-electron chi connectivity index (χ0n) is 11.7. The summed E-state index contributed by atoms with van der Waals surface area (Å²) in [5.74, 6) is -1.52. The lowest BCUT2D eigenvalue weighted by Gasteiger charge is -2.06. The van der Waals surface area contributed by atoms with Crippen molar-refractivity contribution in [2.75, 3.05) is 13.2 Å². The van der Waals surface area contributed by atoms with Crippen molar-refractivity contribution in [1.29, 1.82) is 0 Å². The van der Waals surface area contributed by atoms with Gasteiger partial charge in [0.25, 0.3) is 5.91 Å². The van der Waals surface area contributed by atoms with Crippen LogP contribution in [-0.4, -0.2) is 30.8 Å². The highest BCUT2D eigenvalue weighted by molar-refractivity contribution is 7.18. The minimum absolute atomic E-state index is 0.328. The number of hydrogen-bond acceptors (Lipinski definition) is 5. The molecule has 0 saturated carbocycles. The third kappa shape index (κ3) is 5.35. The Labute approximate surface area is 146 Å². The van der Waals surface area contributed by atoms with Crippen LogP contribution in [0.4, 0.5) is 0 Å². The minimum Gasteiger partial charge on any atom is -0.456 e. The molecule has 0 spiro atoms. The van der Waals surface area contributed by atoms with Gasteiger partial charge in [-0.15, -0.1) is 11.3 Å². The zero-order chi connectivity index (χ0) is 16.8. The third-order valence-electron chi connectivity index (χ3n) is 2.69. The zero-order valence-corrected chi connectivity index (χ0v) is 14.0. The van der Waals surface area contributed by atoms with Gasteiger partial charge in [0, 0.05) is 10.6 Å². The molecule has 0 aliphatic carbocycles. The van der Waals surface area contributed by atoms with Crippen molar-refractivity contribution >= 4 is 52.2 Å². The van der Waals surface area contributed by atoms with Gasteiger partial charge >= 0.3 is 5.97 Å². The Hall–Kier alpha value is -1.89. The number of Topliss-reactive ketones (excluding diaryl/α,β-unsaturated/α-hetero) is 1. The first-order valence-corrected chi connectivity index (χ1v) is 8.01. The van der Waals surface area contributed by atoms with E-state index in [9.17, 15) is 14.4 Å². The minimum atomic E-state index is -0.712. The summed E-state index contributed by atoms with van der Waals surface area (Å²) in [5, 5.41) is 2.81. The van der Waals surface area contributed by atoms with Crippen molar-refractivity contribution in [2.24, 2.45) is 0 Å². The summed E-state index contributed by atoms with van der Waals surface area (Å²) < 4.78 is 5.29. The largest absolute Gasteiger partial charge is 0.456 e. The third-order valence-corrected chi connectivity index (χ3v) is 4.20. The van der Waals surface area contributed by atoms with Crippen LogP contribution in [0.1, 0.15) is 20.0 Å². The number of carbonyl (C=O) groups excluding carboxylic acids is 3. The fourth-order valence-electron chi connectivity index (χ4n) is 1.62. The molecule has 8 heteroatoms. The van der Waals surface area contributed by atoms with Crippen molar-refractivity contribution in [1.82, 2.24) is 5.32 Å². The second-order valence-corrected chi connectivity index (χ2v) is 6.53. The maximum Gasteiger partial charge on any atom is 0.325 e. The predicted octanol–water partition coefficient (Wildman–Crippen LogP) is 3.21. The van der Waals surface area contributed by atoms with Crippen LogP contribution in [0.25, 0.3) is 0 Å². The van der Waals surface area contributed by atoms with E-state index in [2.05, 4.69) is 5.32 Å². The highest BCUT2D eigenvalue weighted by Gasteiger charge is 2.13. The Balaban J connectivity index is 1.77. The van der Waals surface area contributed by atoms with Gasteiger partial charge in [0.2, 0.25) is 5.78 Å². The summed E-state index contributed by atoms with van der Waals surface area (Å²) >= 11 is 12.6. The number of rotatable bonds is 6. The van der Waals surface area contributed by atoms with Crippen LogP contribution in [0.15, 0.2) is 36.4 Å². The average Bonchev–Trinajstić information content (AvgIpc) is 2.96. The summed E-state index contributed by atoms with van der Waals surface area (Å²) in [6, 6.07) is 9.45.